The van der Waals surface area contributed by atoms with Gasteiger partial charge in [0.15, 0.2) is 0 Å². The summed E-state index contributed by atoms with van der Waals surface area (Å²) < 4.78 is 4.74. The van der Waals surface area contributed by atoms with Crippen LogP contribution in [0.3, 0.4) is 0 Å². The van der Waals surface area contributed by atoms with Crippen LogP contribution in [0.4, 0.5) is 0 Å². The van der Waals surface area contributed by atoms with Crippen LogP contribution in [0.25, 0.3) is 0 Å². The van der Waals surface area contributed by atoms with E-state index in [1.807, 2.05) is 0 Å². The van der Waals surface area contributed by atoms with Crippen LogP contribution < -0.4 is 0 Å². The van der Waals surface area contributed by atoms with E-state index in [0.717, 1.165) is 0 Å². The van der Waals surface area contributed by atoms with Gasteiger partial charge in [0, 0.05) is 11.0 Å². The van der Waals surface area contributed by atoms with Crippen molar-refractivity contribution in [1.29, 1.82) is 0 Å². The molecule has 0 saturated heterocycles. The number of esters is 1. The maximum absolute atomic E-state index is 11.2. The van der Waals surface area contributed by atoms with Crippen molar-refractivity contribution in [3.8, 4) is 0 Å². The van der Waals surface area contributed by atoms with E-state index in [-0.39, 0.29) is 44.8 Å². The molecule has 0 aliphatic heterocycles. The van der Waals surface area contributed by atoms with Crippen LogP contribution >= 0.6 is 0 Å². The fraction of sp³-hybridized carbons (Fsp3) is 0.727. The van der Waals surface area contributed by atoms with Crippen molar-refractivity contribution < 1.29 is 24.9 Å². The van der Waals surface area contributed by atoms with E-state index >= 15 is 0 Å². The molecule has 0 unspecified atom stereocenters. The van der Waals surface area contributed by atoms with Crippen molar-refractivity contribution in [3.05, 3.63) is 12.2 Å². The Bertz CT molecular complexity index is 224. The first-order valence-corrected chi connectivity index (χ1v) is 5.22. The first kappa shape index (κ1) is 15.1. The van der Waals surface area contributed by atoms with Crippen molar-refractivity contribution in [2.45, 2.75) is 19.8 Å². The second-order valence-corrected chi connectivity index (χ2v) is 3.80. The second-order valence-electron chi connectivity index (χ2n) is 3.80. The zero-order chi connectivity index (χ0) is 12.6. The molecule has 3 N–H and O–H groups in total. The highest BCUT2D eigenvalue weighted by molar-refractivity contribution is 5.87. The Labute approximate surface area is 95.4 Å². The lowest BCUT2D eigenvalue weighted by Gasteiger charge is -2.27. The number of aliphatic hydroxyl groups is 3. The van der Waals surface area contributed by atoms with E-state index in [4.69, 9.17) is 20.1 Å². The van der Waals surface area contributed by atoms with E-state index < -0.39 is 11.4 Å². The van der Waals surface area contributed by atoms with Gasteiger partial charge in [0.2, 0.25) is 0 Å². The highest BCUT2D eigenvalue weighted by Gasteiger charge is 2.28. The van der Waals surface area contributed by atoms with Gasteiger partial charge in [-0.25, -0.2) is 4.79 Å². The Morgan fingerprint density at radius 3 is 2.12 bits per heavy atom. The summed E-state index contributed by atoms with van der Waals surface area (Å²) in [5.74, 6) is -0.481. The molecule has 0 spiro atoms. The minimum atomic E-state index is -0.963. The molecular weight excluding hydrogens is 212 g/mol. The van der Waals surface area contributed by atoms with Crippen molar-refractivity contribution in [2.75, 3.05) is 26.4 Å². The van der Waals surface area contributed by atoms with Gasteiger partial charge in [0.05, 0.1) is 26.4 Å². The Morgan fingerprint density at radius 1 is 1.25 bits per heavy atom. The molecule has 0 saturated carbocycles. The molecule has 5 nitrogen and oxygen atoms in total. The van der Waals surface area contributed by atoms with Crippen LogP contribution in [0.5, 0.6) is 0 Å². The van der Waals surface area contributed by atoms with E-state index in [9.17, 15) is 4.79 Å². The average molecular weight is 232 g/mol. The van der Waals surface area contributed by atoms with Gasteiger partial charge in [-0.2, -0.15) is 0 Å². The first-order chi connectivity index (χ1) is 7.55. The molecular formula is C11H20O5. The minimum Gasteiger partial charge on any atom is -0.463 e. The monoisotopic (exact) mass is 232 g/mol. The summed E-state index contributed by atoms with van der Waals surface area (Å²) in [7, 11) is 0. The van der Waals surface area contributed by atoms with Crippen LogP contribution in [-0.4, -0.2) is 47.7 Å². The number of carbonyl (C=O) groups is 1. The van der Waals surface area contributed by atoms with Crippen LogP contribution in [0.1, 0.15) is 19.8 Å². The summed E-state index contributed by atoms with van der Waals surface area (Å²) >= 11 is 0. The molecule has 5 heteroatoms. The van der Waals surface area contributed by atoms with E-state index in [1.54, 1.807) is 6.92 Å². The molecule has 0 bridgehead atoms. The molecule has 0 heterocycles. The van der Waals surface area contributed by atoms with Crippen molar-refractivity contribution in [2.24, 2.45) is 5.41 Å². The molecule has 0 fully saturated rings. The molecule has 0 aromatic heterocycles. The fourth-order valence-corrected chi connectivity index (χ4v) is 1.14. The van der Waals surface area contributed by atoms with E-state index in [2.05, 4.69) is 6.58 Å². The summed E-state index contributed by atoms with van der Waals surface area (Å²) in [6.07, 6.45) is 0.564. The fourth-order valence-electron chi connectivity index (χ4n) is 1.14. The smallest absolute Gasteiger partial charge is 0.333 e. The van der Waals surface area contributed by atoms with Crippen LogP contribution in [0.15, 0.2) is 12.2 Å². The van der Waals surface area contributed by atoms with Gasteiger partial charge in [-0.15, -0.1) is 0 Å². The molecule has 0 aromatic carbocycles. The molecule has 0 amide bonds. The lowest BCUT2D eigenvalue weighted by atomic mass is 9.84. The summed E-state index contributed by atoms with van der Waals surface area (Å²) in [4.78, 5) is 11.2. The molecule has 0 atom stereocenters. The maximum atomic E-state index is 11.2. The van der Waals surface area contributed by atoms with Crippen LogP contribution in [-0.2, 0) is 9.53 Å². The van der Waals surface area contributed by atoms with E-state index in [0.29, 0.717) is 0 Å². The number of hydrogen-bond acceptors (Lipinski definition) is 5. The molecule has 0 rings (SSSR count). The Morgan fingerprint density at radius 2 is 1.75 bits per heavy atom. The molecule has 16 heavy (non-hydrogen) atoms. The lowest BCUT2D eigenvalue weighted by Crippen LogP contribution is -2.34. The normalized spacial score (nSPS) is 11.2. The maximum Gasteiger partial charge on any atom is 0.333 e. The number of rotatable bonds is 8. The van der Waals surface area contributed by atoms with Gasteiger partial charge < -0.3 is 20.1 Å². The Hall–Kier alpha value is -0.910. The zero-order valence-corrected chi connectivity index (χ0v) is 9.61. The highest BCUT2D eigenvalue weighted by atomic mass is 16.5. The molecule has 0 aliphatic carbocycles. The second kappa shape index (κ2) is 7.38. The summed E-state index contributed by atoms with van der Waals surface area (Å²) in [5.41, 5.74) is -0.684. The van der Waals surface area contributed by atoms with Crippen molar-refractivity contribution in [3.63, 3.8) is 0 Å². The Kier molecular flexibility index (Phi) is 6.96. The molecule has 0 aliphatic rings. The molecule has 0 radical (unpaired) electrons. The van der Waals surface area contributed by atoms with Gasteiger partial charge in [-0.1, -0.05) is 6.58 Å². The number of hydrogen-bond donors (Lipinski definition) is 3. The quantitative estimate of drug-likeness (QED) is 0.400. The summed E-state index contributed by atoms with van der Waals surface area (Å²) in [5, 5.41) is 27.2. The number of carbonyl (C=O) groups excluding carboxylic acids is 1. The van der Waals surface area contributed by atoms with Gasteiger partial charge in [0.1, 0.15) is 0 Å². The van der Waals surface area contributed by atoms with Gasteiger partial charge >= 0.3 is 5.97 Å². The first-order valence-electron chi connectivity index (χ1n) is 5.22. The van der Waals surface area contributed by atoms with Gasteiger partial charge in [0.25, 0.3) is 0 Å². The van der Waals surface area contributed by atoms with E-state index in [1.165, 1.54) is 0 Å². The Balaban J connectivity index is 4.21. The third kappa shape index (κ3) is 4.30. The van der Waals surface area contributed by atoms with Gasteiger partial charge in [-0.3, -0.25) is 0 Å². The average Bonchev–Trinajstić information content (AvgIpc) is 2.31. The van der Waals surface area contributed by atoms with Crippen LogP contribution in [0.2, 0.25) is 0 Å². The third-order valence-corrected chi connectivity index (χ3v) is 2.53. The summed E-state index contributed by atoms with van der Waals surface area (Å²) in [6.45, 7) is 4.53. The topological polar surface area (TPSA) is 87.0 Å². The standard InChI is InChI=1S/C11H20O5/c1-3-16-10(15)9(2)4-5-11(6-12,7-13)8-14/h12-14H,2-8H2,1H3. The number of aliphatic hydroxyl groups excluding tert-OH is 3. The SMILES string of the molecule is C=C(CCC(CO)(CO)CO)C(=O)OCC. The predicted octanol–water partition coefficient (Wildman–Crippen LogP) is -0.151. The minimum absolute atomic E-state index is 0.278. The molecule has 94 valence electrons. The summed E-state index contributed by atoms with van der Waals surface area (Å²) in [6, 6.07) is 0. The van der Waals surface area contributed by atoms with Crippen LogP contribution in [0, 0.1) is 5.41 Å². The largest absolute Gasteiger partial charge is 0.463 e. The lowest BCUT2D eigenvalue weighted by molar-refractivity contribution is -0.138. The molecule has 0 aromatic rings. The third-order valence-electron chi connectivity index (χ3n) is 2.53. The van der Waals surface area contributed by atoms with Crippen molar-refractivity contribution >= 4 is 5.97 Å². The van der Waals surface area contributed by atoms with Gasteiger partial charge in [-0.05, 0) is 19.8 Å². The number of ether oxygens (including phenoxy) is 1. The zero-order valence-electron chi connectivity index (χ0n) is 9.61. The van der Waals surface area contributed by atoms with Crippen molar-refractivity contribution in [1.82, 2.24) is 0 Å². The highest BCUT2D eigenvalue weighted by Crippen LogP contribution is 2.24. The predicted molar refractivity (Wildman–Crippen MR) is 58.7 cm³/mol.